The van der Waals surface area contributed by atoms with Gasteiger partial charge in [0.25, 0.3) is 0 Å². The molecule has 1 aromatic rings. The van der Waals surface area contributed by atoms with Crippen LogP contribution in [0.1, 0.15) is 12.0 Å². The predicted octanol–water partition coefficient (Wildman–Crippen LogP) is 3.57. The topological polar surface area (TPSA) is 0 Å². The molecule has 0 nitrogen and oxygen atoms in total. The summed E-state index contributed by atoms with van der Waals surface area (Å²) in [7, 11) is 0. The molecule has 0 radical (unpaired) electrons. The first-order chi connectivity index (χ1) is 5.83. The van der Waals surface area contributed by atoms with Crippen LogP contribution in [0.15, 0.2) is 43.0 Å². The summed E-state index contributed by atoms with van der Waals surface area (Å²) in [5.74, 6) is 0. The van der Waals surface area contributed by atoms with E-state index < -0.39 is 0 Å². The van der Waals surface area contributed by atoms with Crippen LogP contribution in [0, 0.1) is 0 Å². The Hall–Kier alpha value is -0.560. The van der Waals surface area contributed by atoms with Gasteiger partial charge in [-0.3, -0.25) is 0 Å². The lowest BCUT2D eigenvalue weighted by Gasteiger charge is -2.05. The predicted molar refractivity (Wildman–Crippen MR) is 57.7 cm³/mol. The maximum atomic E-state index is 3.71. The molecule has 1 atom stereocenters. The largest absolute Gasteiger partial charge is 0.103 e. The minimum Gasteiger partial charge on any atom is -0.103 e. The van der Waals surface area contributed by atoms with E-state index in [1.807, 2.05) is 12.1 Å². The third-order valence-corrected chi connectivity index (χ3v) is 2.42. The summed E-state index contributed by atoms with van der Waals surface area (Å²) in [6, 6.07) is 10.5. The quantitative estimate of drug-likeness (QED) is 0.542. The zero-order valence-electron chi connectivity index (χ0n) is 7.04. The van der Waals surface area contributed by atoms with Crippen LogP contribution in [0.25, 0.3) is 0 Å². The van der Waals surface area contributed by atoms with Crippen molar-refractivity contribution in [3.05, 3.63) is 48.6 Å². The van der Waals surface area contributed by atoms with E-state index in [4.69, 9.17) is 0 Å². The Bertz CT molecular complexity index is 228. The molecule has 0 aliphatic rings. The van der Waals surface area contributed by atoms with E-state index in [9.17, 15) is 0 Å². The first kappa shape index (κ1) is 9.53. The molecule has 0 heterocycles. The molecule has 64 valence electrons. The van der Waals surface area contributed by atoms with E-state index >= 15 is 0 Å². The van der Waals surface area contributed by atoms with Crippen molar-refractivity contribution >= 4 is 15.9 Å². The summed E-state index contributed by atoms with van der Waals surface area (Å²) in [6.07, 6.45) is 4.05. The molecule has 1 heteroatoms. The molecule has 1 aromatic carbocycles. The van der Waals surface area contributed by atoms with Gasteiger partial charge in [-0.2, -0.15) is 0 Å². The zero-order chi connectivity index (χ0) is 8.81. The maximum Gasteiger partial charge on any atom is 0.0220 e. The number of allylic oxidation sites excluding steroid dienone is 1. The molecule has 0 bridgehead atoms. The van der Waals surface area contributed by atoms with Gasteiger partial charge in [0.15, 0.2) is 0 Å². The summed E-state index contributed by atoms with van der Waals surface area (Å²) >= 11 is 3.60. The van der Waals surface area contributed by atoms with Gasteiger partial charge in [-0.25, -0.2) is 0 Å². The minimum atomic E-state index is 0.525. The van der Waals surface area contributed by atoms with Crippen LogP contribution >= 0.6 is 15.9 Å². The molecule has 0 aliphatic carbocycles. The van der Waals surface area contributed by atoms with E-state index in [-0.39, 0.29) is 0 Å². The van der Waals surface area contributed by atoms with Crippen LogP contribution in [-0.4, -0.2) is 4.83 Å². The van der Waals surface area contributed by atoms with Crippen molar-refractivity contribution in [2.75, 3.05) is 0 Å². The first-order valence-electron chi connectivity index (χ1n) is 4.12. The van der Waals surface area contributed by atoms with Crippen LogP contribution < -0.4 is 0 Å². The third-order valence-electron chi connectivity index (χ3n) is 1.72. The molecule has 0 amide bonds. The average molecular weight is 225 g/mol. The molecule has 1 rings (SSSR count). The molecule has 0 spiro atoms. The van der Waals surface area contributed by atoms with Crippen molar-refractivity contribution in [3.63, 3.8) is 0 Å². The molecule has 0 saturated heterocycles. The Labute approximate surface area is 82.4 Å². The lowest BCUT2D eigenvalue weighted by Crippen LogP contribution is -2.00. The fourth-order valence-corrected chi connectivity index (χ4v) is 1.77. The van der Waals surface area contributed by atoms with Crippen LogP contribution in [0.2, 0.25) is 0 Å². The molecule has 1 unspecified atom stereocenters. The van der Waals surface area contributed by atoms with E-state index in [0.29, 0.717) is 4.83 Å². The van der Waals surface area contributed by atoms with Crippen molar-refractivity contribution in [1.29, 1.82) is 0 Å². The molecule has 0 N–H and O–H groups in total. The van der Waals surface area contributed by atoms with Gasteiger partial charge in [0.05, 0.1) is 0 Å². The van der Waals surface area contributed by atoms with Gasteiger partial charge in [0.2, 0.25) is 0 Å². The highest BCUT2D eigenvalue weighted by Gasteiger charge is 2.01. The van der Waals surface area contributed by atoms with Gasteiger partial charge < -0.3 is 0 Å². The Morgan fingerprint density at radius 2 is 2.00 bits per heavy atom. The summed E-state index contributed by atoms with van der Waals surface area (Å²) in [5.41, 5.74) is 1.38. The summed E-state index contributed by atoms with van der Waals surface area (Å²) in [4.78, 5) is 0.525. The molecular formula is C11H13Br. The highest BCUT2D eigenvalue weighted by Crippen LogP contribution is 2.12. The second-order valence-corrected chi connectivity index (χ2v) is 4.11. The summed E-state index contributed by atoms with van der Waals surface area (Å²) in [5, 5.41) is 0. The van der Waals surface area contributed by atoms with Crippen LogP contribution in [0.4, 0.5) is 0 Å². The van der Waals surface area contributed by atoms with E-state index in [1.165, 1.54) is 5.56 Å². The highest BCUT2D eigenvalue weighted by molar-refractivity contribution is 9.09. The smallest absolute Gasteiger partial charge is 0.0220 e. The van der Waals surface area contributed by atoms with Gasteiger partial charge in [-0.15, -0.1) is 6.58 Å². The Balaban J connectivity index is 2.46. The fourth-order valence-electron chi connectivity index (χ4n) is 1.13. The number of rotatable bonds is 4. The molecule has 0 fully saturated rings. The maximum absolute atomic E-state index is 3.71. The Morgan fingerprint density at radius 1 is 1.33 bits per heavy atom. The molecule has 0 aromatic heterocycles. The zero-order valence-corrected chi connectivity index (χ0v) is 8.63. The first-order valence-corrected chi connectivity index (χ1v) is 5.03. The average Bonchev–Trinajstić information content (AvgIpc) is 2.06. The van der Waals surface area contributed by atoms with E-state index in [0.717, 1.165) is 12.8 Å². The van der Waals surface area contributed by atoms with Gasteiger partial charge in [0, 0.05) is 4.83 Å². The minimum absolute atomic E-state index is 0.525. The fraction of sp³-hybridized carbons (Fsp3) is 0.273. The second kappa shape index (κ2) is 5.15. The van der Waals surface area contributed by atoms with Crippen LogP contribution in [0.5, 0.6) is 0 Å². The van der Waals surface area contributed by atoms with E-state index in [2.05, 4.69) is 46.8 Å². The van der Waals surface area contributed by atoms with Crippen LogP contribution in [-0.2, 0) is 6.42 Å². The van der Waals surface area contributed by atoms with Crippen molar-refractivity contribution in [2.45, 2.75) is 17.7 Å². The van der Waals surface area contributed by atoms with Crippen molar-refractivity contribution in [3.8, 4) is 0 Å². The highest BCUT2D eigenvalue weighted by atomic mass is 79.9. The Kier molecular flexibility index (Phi) is 4.09. The molecular weight excluding hydrogens is 212 g/mol. The number of benzene rings is 1. The number of alkyl halides is 1. The lowest BCUT2D eigenvalue weighted by atomic mass is 10.1. The lowest BCUT2D eigenvalue weighted by molar-refractivity contribution is 0.881. The van der Waals surface area contributed by atoms with Crippen molar-refractivity contribution < 1.29 is 0 Å². The van der Waals surface area contributed by atoms with Crippen molar-refractivity contribution in [1.82, 2.24) is 0 Å². The summed E-state index contributed by atoms with van der Waals surface area (Å²) in [6.45, 7) is 3.71. The van der Waals surface area contributed by atoms with Gasteiger partial charge in [-0.1, -0.05) is 52.3 Å². The number of hydrogen-bond donors (Lipinski definition) is 0. The SMILES string of the molecule is C=CCC(Br)Cc1ccccc1. The third kappa shape index (κ3) is 3.22. The van der Waals surface area contributed by atoms with Crippen molar-refractivity contribution in [2.24, 2.45) is 0 Å². The van der Waals surface area contributed by atoms with Gasteiger partial charge >= 0.3 is 0 Å². The standard InChI is InChI=1S/C11H13Br/c1-2-6-11(12)9-10-7-4-3-5-8-10/h2-5,7-8,11H,1,6,9H2. The molecule has 12 heavy (non-hydrogen) atoms. The van der Waals surface area contributed by atoms with Gasteiger partial charge in [-0.05, 0) is 18.4 Å². The molecule has 0 saturated carbocycles. The number of halogens is 1. The van der Waals surface area contributed by atoms with Crippen LogP contribution in [0.3, 0.4) is 0 Å². The monoisotopic (exact) mass is 224 g/mol. The summed E-state index contributed by atoms with van der Waals surface area (Å²) < 4.78 is 0. The van der Waals surface area contributed by atoms with Gasteiger partial charge in [0.1, 0.15) is 0 Å². The Morgan fingerprint density at radius 3 is 2.58 bits per heavy atom. The molecule has 0 aliphatic heterocycles. The second-order valence-electron chi connectivity index (χ2n) is 2.81. The normalized spacial score (nSPS) is 12.4. The van der Waals surface area contributed by atoms with E-state index in [1.54, 1.807) is 0 Å². The number of hydrogen-bond acceptors (Lipinski definition) is 0.